The van der Waals surface area contributed by atoms with Gasteiger partial charge in [0.1, 0.15) is 5.69 Å². The van der Waals surface area contributed by atoms with Crippen LogP contribution in [0.3, 0.4) is 0 Å². The van der Waals surface area contributed by atoms with Gasteiger partial charge in [-0.25, -0.2) is 0 Å². The topological polar surface area (TPSA) is 38.5 Å². The van der Waals surface area contributed by atoms with Crippen LogP contribution in [0, 0.1) is 0 Å². The Hall–Kier alpha value is -2.68. The molecule has 3 aromatic rings. The van der Waals surface area contributed by atoms with E-state index in [0.717, 1.165) is 5.52 Å². The molecule has 4 rings (SSSR count). The van der Waals surface area contributed by atoms with Crippen LogP contribution in [0.2, 0.25) is 0 Å². The highest BCUT2D eigenvalue weighted by molar-refractivity contribution is 6.28. The highest BCUT2D eigenvalue weighted by Gasteiger charge is 2.32. The predicted octanol–water partition coefficient (Wildman–Crippen LogP) is 2.71. The fraction of sp³-hybridized carbons (Fsp3) is 0. The molecule has 2 aromatic heterocycles. The minimum atomic E-state index is -0.0867. The Balaban J connectivity index is 2.14. The van der Waals surface area contributed by atoms with Gasteiger partial charge in [0.25, 0.3) is 0 Å². The number of nitrogens with zero attached hydrogens (tertiary/aromatic N) is 1. The van der Waals surface area contributed by atoms with E-state index >= 15 is 0 Å². The number of carbonyl (C=O) groups excluding carboxylic acids is 2. The molecule has 0 atom stereocenters. The minimum absolute atomic E-state index is 0.0751. The summed E-state index contributed by atoms with van der Waals surface area (Å²) >= 11 is 0. The first-order chi connectivity index (χ1) is 9.27. The molecule has 1 aliphatic rings. The number of pyridine rings is 1. The quantitative estimate of drug-likeness (QED) is 0.479. The van der Waals surface area contributed by atoms with Crippen LogP contribution in [0.5, 0.6) is 0 Å². The van der Waals surface area contributed by atoms with Crippen molar-refractivity contribution in [3.63, 3.8) is 0 Å². The summed E-state index contributed by atoms with van der Waals surface area (Å²) in [6, 6.07) is 14.4. The van der Waals surface area contributed by atoms with E-state index < -0.39 is 0 Å². The van der Waals surface area contributed by atoms with Crippen molar-refractivity contribution in [1.82, 2.24) is 4.40 Å². The zero-order chi connectivity index (χ0) is 13.0. The molecule has 0 saturated heterocycles. The smallest absolute Gasteiger partial charge is 0.211 e. The van der Waals surface area contributed by atoms with Crippen LogP contribution in [-0.4, -0.2) is 16.0 Å². The average molecular weight is 247 g/mol. The number of ketones is 2. The van der Waals surface area contributed by atoms with Crippen LogP contribution in [0.1, 0.15) is 32.0 Å². The second-order valence-electron chi connectivity index (χ2n) is 4.61. The van der Waals surface area contributed by atoms with Gasteiger partial charge in [0, 0.05) is 22.8 Å². The summed E-state index contributed by atoms with van der Waals surface area (Å²) in [7, 11) is 0. The Kier molecular flexibility index (Phi) is 1.85. The van der Waals surface area contributed by atoms with Crippen molar-refractivity contribution in [2.24, 2.45) is 0 Å². The molecule has 0 spiro atoms. The van der Waals surface area contributed by atoms with E-state index in [9.17, 15) is 9.59 Å². The van der Waals surface area contributed by atoms with Gasteiger partial charge >= 0.3 is 0 Å². The first-order valence-electron chi connectivity index (χ1n) is 6.06. The molecule has 0 aliphatic heterocycles. The Morgan fingerprint density at radius 1 is 0.737 bits per heavy atom. The molecule has 0 bridgehead atoms. The van der Waals surface area contributed by atoms with Crippen molar-refractivity contribution < 1.29 is 9.59 Å². The van der Waals surface area contributed by atoms with Gasteiger partial charge in [-0.05, 0) is 18.2 Å². The third kappa shape index (κ3) is 1.21. The summed E-state index contributed by atoms with van der Waals surface area (Å²) in [6.45, 7) is 0. The summed E-state index contributed by atoms with van der Waals surface area (Å²) in [5, 5.41) is 0. The lowest BCUT2D eigenvalue weighted by Gasteiger charge is -2.14. The SMILES string of the molecule is O=C1c2ccccc2C(=O)c2c1cc1ccccn21. The zero-order valence-corrected chi connectivity index (χ0v) is 9.96. The molecule has 0 saturated carbocycles. The van der Waals surface area contributed by atoms with Gasteiger partial charge < -0.3 is 4.40 Å². The minimum Gasteiger partial charge on any atom is -0.313 e. The first-order valence-corrected chi connectivity index (χ1v) is 6.06. The number of rotatable bonds is 0. The third-order valence-corrected chi connectivity index (χ3v) is 3.56. The van der Waals surface area contributed by atoms with Crippen molar-refractivity contribution in [1.29, 1.82) is 0 Å². The molecule has 0 N–H and O–H groups in total. The molecule has 3 nitrogen and oxygen atoms in total. The van der Waals surface area contributed by atoms with E-state index in [2.05, 4.69) is 0 Å². The number of benzene rings is 1. The van der Waals surface area contributed by atoms with Crippen LogP contribution < -0.4 is 0 Å². The van der Waals surface area contributed by atoms with Gasteiger partial charge in [0.15, 0.2) is 5.78 Å². The molecule has 0 unspecified atom stereocenters. The lowest BCUT2D eigenvalue weighted by molar-refractivity contribution is 0.0976. The van der Waals surface area contributed by atoms with Crippen LogP contribution in [0.4, 0.5) is 0 Å². The van der Waals surface area contributed by atoms with Crippen molar-refractivity contribution in [2.75, 3.05) is 0 Å². The lowest BCUT2D eigenvalue weighted by Crippen LogP contribution is -2.20. The van der Waals surface area contributed by atoms with Gasteiger partial charge in [-0.3, -0.25) is 9.59 Å². The Morgan fingerprint density at radius 2 is 1.42 bits per heavy atom. The third-order valence-electron chi connectivity index (χ3n) is 3.56. The van der Waals surface area contributed by atoms with Gasteiger partial charge in [-0.1, -0.05) is 30.3 Å². The number of fused-ring (bicyclic) bond motifs is 4. The van der Waals surface area contributed by atoms with Crippen molar-refractivity contribution in [3.05, 3.63) is 77.1 Å². The molecule has 1 aromatic carbocycles. The molecule has 0 fully saturated rings. The highest BCUT2D eigenvalue weighted by atomic mass is 16.1. The van der Waals surface area contributed by atoms with Crippen LogP contribution in [0.15, 0.2) is 54.7 Å². The Bertz CT molecular complexity index is 858. The molecule has 2 heterocycles. The largest absolute Gasteiger partial charge is 0.313 e. The molecule has 1 aliphatic carbocycles. The second kappa shape index (κ2) is 3.42. The number of hydrogen-bond donors (Lipinski definition) is 0. The molecule has 19 heavy (non-hydrogen) atoms. The second-order valence-corrected chi connectivity index (χ2v) is 4.61. The highest BCUT2D eigenvalue weighted by Crippen LogP contribution is 2.29. The summed E-state index contributed by atoms with van der Waals surface area (Å²) in [4.78, 5) is 25.0. The summed E-state index contributed by atoms with van der Waals surface area (Å²) in [5.74, 6) is -0.162. The summed E-state index contributed by atoms with van der Waals surface area (Å²) in [5.41, 5.74) is 2.82. The zero-order valence-electron chi connectivity index (χ0n) is 9.96. The predicted molar refractivity (Wildman–Crippen MR) is 70.7 cm³/mol. The maximum atomic E-state index is 12.6. The monoisotopic (exact) mass is 247 g/mol. The van der Waals surface area contributed by atoms with E-state index in [1.165, 1.54) is 0 Å². The van der Waals surface area contributed by atoms with Gasteiger partial charge in [0.2, 0.25) is 5.78 Å². The van der Waals surface area contributed by atoms with Crippen molar-refractivity contribution in [3.8, 4) is 0 Å². The number of aromatic nitrogens is 1. The van der Waals surface area contributed by atoms with Gasteiger partial charge in [-0.15, -0.1) is 0 Å². The van der Waals surface area contributed by atoms with Crippen molar-refractivity contribution >= 4 is 17.1 Å². The lowest BCUT2D eigenvalue weighted by atomic mass is 9.88. The fourth-order valence-electron chi connectivity index (χ4n) is 2.68. The molecular formula is C16H9NO2. The molecule has 0 radical (unpaired) electrons. The van der Waals surface area contributed by atoms with Crippen molar-refractivity contribution in [2.45, 2.75) is 0 Å². The molecule has 0 amide bonds. The normalized spacial score (nSPS) is 13.5. The molecular weight excluding hydrogens is 238 g/mol. The summed E-state index contributed by atoms with van der Waals surface area (Å²) < 4.78 is 1.78. The van der Waals surface area contributed by atoms with Gasteiger partial charge in [0.05, 0.1) is 5.56 Å². The molecule has 90 valence electrons. The fourth-order valence-corrected chi connectivity index (χ4v) is 2.68. The van der Waals surface area contributed by atoms with E-state index in [1.54, 1.807) is 34.7 Å². The van der Waals surface area contributed by atoms with E-state index in [0.29, 0.717) is 22.4 Å². The maximum Gasteiger partial charge on any atom is 0.211 e. The number of hydrogen-bond acceptors (Lipinski definition) is 2. The van der Waals surface area contributed by atoms with E-state index in [1.807, 2.05) is 24.4 Å². The van der Waals surface area contributed by atoms with E-state index in [-0.39, 0.29) is 11.6 Å². The summed E-state index contributed by atoms with van der Waals surface area (Å²) in [6.07, 6.45) is 1.81. The Labute approximate surface area is 109 Å². The number of carbonyl (C=O) groups is 2. The Morgan fingerprint density at radius 3 is 2.21 bits per heavy atom. The van der Waals surface area contributed by atoms with Crippen LogP contribution in [-0.2, 0) is 0 Å². The first kappa shape index (κ1) is 10.3. The van der Waals surface area contributed by atoms with Gasteiger partial charge in [-0.2, -0.15) is 0 Å². The standard InChI is InChI=1S/C16H9NO2/c18-15-11-6-1-2-7-12(11)16(19)14-13(15)9-10-5-3-4-8-17(10)14/h1-9H. The van der Waals surface area contributed by atoms with Crippen LogP contribution in [0.25, 0.3) is 5.52 Å². The average Bonchev–Trinajstić information content (AvgIpc) is 2.84. The van der Waals surface area contributed by atoms with E-state index in [4.69, 9.17) is 0 Å². The van der Waals surface area contributed by atoms with Crippen LogP contribution >= 0.6 is 0 Å². The molecule has 3 heteroatoms. The maximum absolute atomic E-state index is 12.6.